The molecule has 2 aromatic rings. The summed E-state index contributed by atoms with van der Waals surface area (Å²) in [6.07, 6.45) is -5.12. The van der Waals surface area contributed by atoms with Crippen LogP contribution in [0.5, 0.6) is 17.2 Å². The summed E-state index contributed by atoms with van der Waals surface area (Å²) in [7, 11) is 1.57. The molecule has 1 fully saturated rings. The first kappa shape index (κ1) is 21.0. The molecule has 0 bridgehead atoms. The van der Waals surface area contributed by atoms with E-state index in [1.54, 1.807) is 43.5 Å². The normalized spacial score (nSPS) is 21.8. The van der Waals surface area contributed by atoms with Crippen molar-refractivity contribution in [2.45, 2.75) is 31.5 Å². The summed E-state index contributed by atoms with van der Waals surface area (Å²) in [6.45, 7) is 1.56. The summed E-state index contributed by atoms with van der Waals surface area (Å²) >= 11 is 0. The summed E-state index contributed by atoms with van der Waals surface area (Å²) in [4.78, 5) is 11.3. The third-order valence-corrected chi connectivity index (χ3v) is 5.21. The van der Waals surface area contributed by atoms with Crippen molar-refractivity contribution in [3.05, 3.63) is 53.6 Å². The monoisotopic (exact) mass is 409 g/mol. The molecule has 8 heteroatoms. The van der Waals surface area contributed by atoms with Crippen LogP contribution in [0, 0.1) is 12.8 Å². The molecule has 0 spiro atoms. The van der Waals surface area contributed by atoms with Gasteiger partial charge < -0.3 is 19.9 Å². The lowest BCUT2D eigenvalue weighted by Crippen LogP contribution is -2.38. The number of aliphatic carboxylic acids is 1. The molecule has 29 heavy (non-hydrogen) atoms. The Labute approximate surface area is 166 Å². The number of rotatable bonds is 6. The minimum Gasteiger partial charge on any atom is -0.497 e. The molecule has 1 saturated heterocycles. The van der Waals surface area contributed by atoms with Crippen molar-refractivity contribution < 1.29 is 32.5 Å². The average molecular weight is 409 g/mol. The summed E-state index contributed by atoms with van der Waals surface area (Å²) < 4.78 is 50.4. The van der Waals surface area contributed by atoms with Crippen molar-refractivity contribution in [2.24, 2.45) is 5.92 Å². The molecule has 5 nitrogen and oxygen atoms in total. The molecule has 2 atom stereocenters. The zero-order chi connectivity index (χ0) is 21.2. The second kappa shape index (κ2) is 7.94. The Kier molecular flexibility index (Phi) is 5.75. The average Bonchev–Trinajstić information content (AvgIpc) is 3.09. The maximum atomic E-state index is 13.1. The van der Waals surface area contributed by atoms with Crippen LogP contribution in [-0.2, 0) is 10.3 Å². The van der Waals surface area contributed by atoms with Gasteiger partial charge in [0.15, 0.2) is 0 Å². The number of carboxylic acid groups (broad SMARTS) is 1. The molecular weight excluding hydrogens is 387 g/mol. The van der Waals surface area contributed by atoms with Crippen molar-refractivity contribution in [1.29, 1.82) is 0 Å². The quantitative estimate of drug-likeness (QED) is 0.728. The molecule has 0 unspecified atom stereocenters. The van der Waals surface area contributed by atoms with Crippen LogP contribution in [0.4, 0.5) is 13.2 Å². The van der Waals surface area contributed by atoms with Gasteiger partial charge in [-0.2, -0.15) is 13.2 Å². The van der Waals surface area contributed by atoms with E-state index in [-0.39, 0.29) is 13.0 Å². The molecule has 2 N–H and O–H groups in total. The molecule has 0 aliphatic carbocycles. The largest absolute Gasteiger partial charge is 0.497 e. The van der Waals surface area contributed by atoms with E-state index in [0.29, 0.717) is 22.8 Å². The maximum absolute atomic E-state index is 13.1. The zero-order valence-electron chi connectivity index (χ0n) is 16.0. The van der Waals surface area contributed by atoms with Gasteiger partial charge >= 0.3 is 12.1 Å². The fraction of sp³-hybridized carbons (Fsp3) is 0.381. The van der Waals surface area contributed by atoms with Crippen molar-refractivity contribution in [1.82, 2.24) is 5.32 Å². The number of carboxylic acids is 1. The molecule has 2 aromatic carbocycles. The minimum absolute atomic E-state index is 0.305. The molecule has 156 valence electrons. The van der Waals surface area contributed by atoms with Gasteiger partial charge in [-0.05, 0) is 54.8 Å². The van der Waals surface area contributed by atoms with Gasteiger partial charge in [-0.3, -0.25) is 4.79 Å². The number of alkyl halides is 3. The fourth-order valence-electron chi connectivity index (χ4n) is 3.66. The predicted molar refractivity (Wildman–Crippen MR) is 100 cm³/mol. The molecule has 0 radical (unpaired) electrons. The van der Waals surface area contributed by atoms with Crippen LogP contribution >= 0.6 is 0 Å². The lowest BCUT2D eigenvalue weighted by Gasteiger charge is -2.29. The standard InChI is InChI=1S/C21H22F3NO4/c1-13-9-17(28-2)7-8-18(13)29-16-5-3-14(4-6-16)20(11-19(26)27)10-15(12-25-20)21(22,23)24/h3-9,15,25H,10-12H2,1-2H3,(H,26,27)/t15-,20-/m0/s1. The Morgan fingerprint density at radius 3 is 2.38 bits per heavy atom. The number of halogens is 3. The highest BCUT2D eigenvalue weighted by Crippen LogP contribution is 2.43. The van der Waals surface area contributed by atoms with Crippen molar-refractivity contribution in [3.8, 4) is 17.2 Å². The van der Waals surface area contributed by atoms with Gasteiger partial charge in [-0.1, -0.05) is 12.1 Å². The second-order valence-electron chi connectivity index (χ2n) is 7.23. The van der Waals surface area contributed by atoms with Crippen LogP contribution < -0.4 is 14.8 Å². The number of hydrogen-bond acceptors (Lipinski definition) is 4. The molecule has 0 amide bonds. The third-order valence-electron chi connectivity index (χ3n) is 5.21. The van der Waals surface area contributed by atoms with Crippen LogP contribution in [0.1, 0.15) is 24.0 Å². The molecule has 0 aromatic heterocycles. The first-order chi connectivity index (χ1) is 13.6. The molecule has 1 aliphatic rings. The lowest BCUT2D eigenvalue weighted by molar-refractivity contribution is -0.170. The Hall–Kier alpha value is -2.74. The van der Waals surface area contributed by atoms with E-state index < -0.39 is 30.0 Å². The SMILES string of the molecule is COc1ccc(Oc2ccc([C@@]3(CC(=O)O)C[C@H](C(F)(F)F)CN3)cc2)c(C)c1. The van der Waals surface area contributed by atoms with E-state index in [9.17, 15) is 23.1 Å². The van der Waals surface area contributed by atoms with E-state index in [1.807, 2.05) is 13.0 Å². The van der Waals surface area contributed by atoms with Crippen LogP contribution in [-0.4, -0.2) is 30.9 Å². The van der Waals surface area contributed by atoms with Crippen LogP contribution in [0.25, 0.3) is 0 Å². The minimum atomic E-state index is -4.37. The highest BCUT2D eigenvalue weighted by molar-refractivity contribution is 5.69. The van der Waals surface area contributed by atoms with Crippen LogP contribution in [0.2, 0.25) is 0 Å². The maximum Gasteiger partial charge on any atom is 0.393 e. The molecular formula is C21H22F3NO4. The number of hydrogen-bond donors (Lipinski definition) is 2. The summed E-state index contributed by atoms with van der Waals surface area (Å²) in [6, 6.07) is 11.8. The Bertz CT molecular complexity index is 882. The van der Waals surface area contributed by atoms with E-state index in [0.717, 1.165) is 5.56 Å². The van der Waals surface area contributed by atoms with Crippen molar-refractivity contribution in [3.63, 3.8) is 0 Å². The Balaban J connectivity index is 1.82. The number of carbonyl (C=O) groups is 1. The van der Waals surface area contributed by atoms with E-state index in [4.69, 9.17) is 9.47 Å². The molecule has 3 rings (SSSR count). The predicted octanol–water partition coefficient (Wildman–Crippen LogP) is 4.64. The Morgan fingerprint density at radius 2 is 1.86 bits per heavy atom. The summed E-state index contributed by atoms with van der Waals surface area (Å²) in [5, 5.41) is 12.1. The van der Waals surface area contributed by atoms with Crippen LogP contribution in [0.15, 0.2) is 42.5 Å². The van der Waals surface area contributed by atoms with Gasteiger partial charge in [0.1, 0.15) is 17.2 Å². The number of benzene rings is 2. The first-order valence-corrected chi connectivity index (χ1v) is 9.09. The molecule has 0 saturated carbocycles. The zero-order valence-corrected chi connectivity index (χ0v) is 16.0. The van der Waals surface area contributed by atoms with Crippen LogP contribution in [0.3, 0.4) is 0 Å². The Morgan fingerprint density at radius 1 is 1.21 bits per heavy atom. The van der Waals surface area contributed by atoms with Gasteiger partial charge in [-0.25, -0.2) is 0 Å². The highest BCUT2D eigenvalue weighted by atomic mass is 19.4. The smallest absolute Gasteiger partial charge is 0.393 e. The first-order valence-electron chi connectivity index (χ1n) is 9.09. The van der Waals surface area contributed by atoms with Crippen molar-refractivity contribution >= 4 is 5.97 Å². The van der Waals surface area contributed by atoms with Gasteiger partial charge in [0.25, 0.3) is 0 Å². The van der Waals surface area contributed by atoms with Crippen molar-refractivity contribution in [2.75, 3.05) is 13.7 Å². The fourth-order valence-corrected chi connectivity index (χ4v) is 3.66. The molecule has 1 aliphatic heterocycles. The third kappa shape index (κ3) is 4.64. The summed E-state index contributed by atoms with van der Waals surface area (Å²) in [5.74, 6) is -0.922. The number of ether oxygens (including phenoxy) is 2. The lowest BCUT2D eigenvalue weighted by atomic mass is 9.82. The highest BCUT2D eigenvalue weighted by Gasteiger charge is 2.51. The number of nitrogens with one attached hydrogen (secondary N) is 1. The second-order valence-corrected chi connectivity index (χ2v) is 7.23. The van der Waals surface area contributed by atoms with Gasteiger partial charge in [0.05, 0.1) is 25.0 Å². The topological polar surface area (TPSA) is 67.8 Å². The molecule has 1 heterocycles. The van der Waals surface area contributed by atoms with E-state index in [2.05, 4.69) is 5.32 Å². The van der Waals surface area contributed by atoms with Gasteiger partial charge in [-0.15, -0.1) is 0 Å². The number of aryl methyl sites for hydroxylation is 1. The summed E-state index contributed by atoms with van der Waals surface area (Å²) in [5.41, 5.74) is 0.0901. The van der Waals surface area contributed by atoms with E-state index in [1.165, 1.54) is 0 Å². The number of methoxy groups -OCH3 is 1. The van der Waals surface area contributed by atoms with Gasteiger partial charge in [0.2, 0.25) is 0 Å². The van der Waals surface area contributed by atoms with Gasteiger partial charge in [0, 0.05) is 6.54 Å². The van der Waals surface area contributed by atoms with E-state index >= 15 is 0 Å².